The first-order valence-corrected chi connectivity index (χ1v) is 8.56. The predicted octanol–water partition coefficient (Wildman–Crippen LogP) is 1.96. The SMILES string of the molecule is O=C(CCN1CCO[C@H](c2ccccc2Cl)C1)N1CCOCC1. The van der Waals surface area contributed by atoms with Crippen molar-refractivity contribution in [2.75, 3.05) is 52.5 Å². The molecule has 0 radical (unpaired) electrons. The Morgan fingerprint density at radius 1 is 1.17 bits per heavy atom. The molecule has 3 rings (SSSR count). The van der Waals surface area contributed by atoms with E-state index < -0.39 is 0 Å². The third kappa shape index (κ3) is 4.44. The van der Waals surface area contributed by atoms with Crippen LogP contribution in [0.4, 0.5) is 0 Å². The molecule has 2 fully saturated rings. The fourth-order valence-electron chi connectivity index (χ4n) is 3.05. The summed E-state index contributed by atoms with van der Waals surface area (Å²) in [7, 11) is 0. The average Bonchev–Trinajstić information content (AvgIpc) is 2.61. The second kappa shape index (κ2) is 8.11. The minimum Gasteiger partial charge on any atom is -0.378 e. The maximum absolute atomic E-state index is 12.2. The Kier molecular flexibility index (Phi) is 5.89. The van der Waals surface area contributed by atoms with Crippen molar-refractivity contribution in [1.82, 2.24) is 9.80 Å². The van der Waals surface area contributed by atoms with E-state index in [9.17, 15) is 4.79 Å². The molecule has 1 aromatic carbocycles. The lowest BCUT2D eigenvalue weighted by atomic mass is 10.1. The summed E-state index contributed by atoms with van der Waals surface area (Å²) in [5, 5.41) is 0.740. The van der Waals surface area contributed by atoms with Gasteiger partial charge in [-0.05, 0) is 6.07 Å². The predicted molar refractivity (Wildman–Crippen MR) is 88.6 cm³/mol. The molecule has 0 spiro atoms. The van der Waals surface area contributed by atoms with E-state index in [1.165, 1.54) is 0 Å². The number of morpholine rings is 2. The maximum Gasteiger partial charge on any atom is 0.224 e. The molecule has 5 nitrogen and oxygen atoms in total. The zero-order valence-electron chi connectivity index (χ0n) is 13.2. The zero-order valence-corrected chi connectivity index (χ0v) is 14.0. The largest absolute Gasteiger partial charge is 0.378 e. The van der Waals surface area contributed by atoms with Crippen LogP contribution in [0.1, 0.15) is 18.1 Å². The van der Waals surface area contributed by atoms with Gasteiger partial charge < -0.3 is 14.4 Å². The van der Waals surface area contributed by atoms with Gasteiger partial charge in [0, 0.05) is 49.7 Å². The summed E-state index contributed by atoms with van der Waals surface area (Å²) in [6, 6.07) is 7.80. The van der Waals surface area contributed by atoms with Gasteiger partial charge in [0.15, 0.2) is 0 Å². The molecule has 0 aliphatic carbocycles. The van der Waals surface area contributed by atoms with Crippen molar-refractivity contribution in [1.29, 1.82) is 0 Å². The highest BCUT2D eigenvalue weighted by molar-refractivity contribution is 6.31. The topological polar surface area (TPSA) is 42.0 Å². The molecule has 0 aromatic heterocycles. The highest BCUT2D eigenvalue weighted by atomic mass is 35.5. The van der Waals surface area contributed by atoms with Crippen molar-refractivity contribution >= 4 is 17.5 Å². The number of carbonyl (C=O) groups excluding carboxylic acids is 1. The molecule has 126 valence electrons. The number of hydrogen-bond donors (Lipinski definition) is 0. The smallest absolute Gasteiger partial charge is 0.224 e. The third-order valence-electron chi connectivity index (χ3n) is 4.41. The molecule has 1 aromatic rings. The molecule has 0 unspecified atom stereocenters. The molecular weight excluding hydrogens is 316 g/mol. The van der Waals surface area contributed by atoms with Crippen LogP contribution in [-0.4, -0.2) is 68.3 Å². The van der Waals surface area contributed by atoms with Gasteiger partial charge in [0.1, 0.15) is 0 Å². The highest BCUT2D eigenvalue weighted by Crippen LogP contribution is 2.28. The molecular formula is C17H23ClN2O3. The van der Waals surface area contributed by atoms with E-state index in [-0.39, 0.29) is 12.0 Å². The van der Waals surface area contributed by atoms with E-state index in [1.807, 2.05) is 29.2 Å². The molecule has 2 aliphatic heterocycles. The summed E-state index contributed by atoms with van der Waals surface area (Å²) in [4.78, 5) is 16.4. The van der Waals surface area contributed by atoms with Crippen LogP contribution in [0.3, 0.4) is 0 Å². The van der Waals surface area contributed by atoms with Crippen molar-refractivity contribution in [3.63, 3.8) is 0 Å². The van der Waals surface area contributed by atoms with E-state index in [0.717, 1.165) is 30.2 Å². The maximum atomic E-state index is 12.2. The van der Waals surface area contributed by atoms with E-state index in [0.29, 0.717) is 39.3 Å². The van der Waals surface area contributed by atoms with Crippen molar-refractivity contribution in [3.8, 4) is 0 Å². The lowest BCUT2D eigenvalue weighted by Crippen LogP contribution is -2.44. The van der Waals surface area contributed by atoms with Crippen molar-refractivity contribution in [3.05, 3.63) is 34.9 Å². The number of rotatable bonds is 4. The van der Waals surface area contributed by atoms with Crippen LogP contribution >= 0.6 is 11.6 Å². The number of ether oxygens (including phenoxy) is 2. The number of hydrogen-bond acceptors (Lipinski definition) is 4. The minimum absolute atomic E-state index is 0.0176. The fraction of sp³-hybridized carbons (Fsp3) is 0.588. The van der Waals surface area contributed by atoms with Gasteiger partial charge in [-0.15, -0.1) is 0 Å². The molecule has 1 atom stereocenters. The summed E-state index contributed by atoms with van der Waals surface area (Å²) in [5.41, 5.74) is 1.03. The molecule has 0 saturated carbocycles. The van der Waals surface area contributed by atoms with Crippen LogP contribution in [0.15, 0.2) is 24.3 Å². The van der Waals surface area contributed by atoms with Crippen LogP contribution < -0.4 is 0 Å². The van der Waals surface area contributed by atoms with Crippen LogP contribution in [0, 0.1) is 0 Å². The van der Waals surface area contributed by atoms with Gasteiger partial charge in [-0.3, -0.25) is 9.69 Å². The fourth-order valence-corrected chi connectivity index (χ4v) is 3.31. The molecule has 2 aliphatic rings. The van der Waals surface area contributed by atoms with Gasteiger partial charge >= 0.3 is 0 Å². The molecule has 23 heavy (non-hydrogen) atoms. The normalized spacial score (nSPS) is 23.0. The molecule has 0 N–H and O–H groups in total. The van der Waals surface area contributed by atoms with Gasteiger partial charge in [0.2, 0.25) is 5.91 Å². The standard InChI is InChI=1S/C17H23ClN2O3/c18-15-4-2-1-3-14(15)16-13-19(7-12-23-16)6-5-17(21)20-8-10-22-11-9-20/h1-4,16H,5-13H2/t16-/m0/s1. The van der Waals surface area contributed by atoms with Crippen LogP contribution in [-0.2, 0) is 14.3 Å². The first-order valence-electron chi connectivity index (χ1n) is 8.18. The quantitative estimate of drug-likeness (QED) is 0.841. The molecule has 2 heterocycles. The number of halogens is 1. The number of benzene rings is 1. The summed E-state index contributed by atoms with van der Waals surface area (Å²) >= 11 is 6.26. The summed E-state index contributed by atoms with van der Waals surface area (Å²) < 4.78 is 11.1. The van der Waals surface area contributed by atoms with Gasteiger partial charge in [0.25, 0.3) is 0 Å². The Labute approximate surface area is 142 Å². The van der Waals surface area contributed by atoms with E-state index >= 15 is 0 Å². The molecule has 0 bridgehead atoms. The summed E-state index contributed by atoms with van der Waals surface area (Å²) in [6.07, 6.45) is 0.533. The van der Waals surface area contributed by atoms with Crippen LogP contribution in [0.2, 0.25) is 5.02 Å². The lowest BCUT2D eigenvalue weighted by molar-refractivity contribution is -0.136. The van der Waals surface area contributed by atoms with Gasteiger partial charge in [-0.1, -0.05) is 29.8 Å². The van der Waals surface area contributed by atoms with Crippen LogP contribution in [0.5, 0.6) is 0 Å². The molecule has 2 saturated heterocycles. The van der Waals surface area contributed by atoms with Gasteiger partial charge in [0.05, 0.1) is 25.9 Å². The number of nitrogens with zero attached hydrogens (tertiary/aromatic N) is 2. The Balaban J connectivity index is 1.51. The molecule has 1 amide bonds. The number of carbonyl (C=O) groups is 1. The second-order valence-corrected chi connectivity index (χ2v) is 6.33. The zero-order chi connectivity index (χ0) is 16.1. The summed E-state index contributed by atoms with van der Waals surface area (Å²) in [6.45, 7) is 5.80. The minimum atomic E-state index is -0.0176. The summed E-state index contributed by atoms with van der Waals surface area (Å²) in [5.74, 6) is 0.217. The van der Waals surface area contributed by atoms with Crippen LogP contribution in [0.25, 0.3) is 0 Å². The van der Waals surface area contributed by atoms with Crippen molar-refractivity contribution in [2.24, 2.45) is 0 Å². The number of amides is 1. The third-order valence-corrected chi connectivity index (χ3v) is 4.75. The van der Waals surface area contributed by atoms with E-state index in [4.69, 9.17) is 21.1 Å². The van der Waals surface area contributed by atoms with Crippen molar-refractivity contribution < 1.29 is 14.3 Å². The van der Waals surface area contributed by atoms with E-state index in [1.54, 1.807) is 0 Å². The Hall–Kier alpha value is -1.14. The first kappa shape index (κ1) is 16.7. The Morgan fingerprint density at radius 3 is 2.74 bits per heavy atom. The van der Waals surface area contributed by atoms with Gasteiger partial charge in [-0.2, -0.15) is 0 Å². The van der Waals surface area contributed by atoms with Gasteiger partial charge in [-0.25, -0.2) is 0 Å². The Bertz CT molecular complexity index is 534. The van der Waals surface area contributed by atoms with E-state index in [2.05, 4.69) is 4.90 Å². The first-order chi connectivity index (χ1) is 11.2. The molecule has 6 heteroatoms. The monoisotopic (exact) mass is 338 g/mol. The van der Waals surface area contributed by atoms with Crippen molar-refractivity contribution in [2.45, 2.75) is 12.5 Å². The lowest BCUT2D eigenvalue weighted by Gasteiger charge is -2.34. The average molecular weight is 339 g/mol. The highest BCUT2D eigenvalue weighted by Gasteiger charge is 2.24. The second-order valence-electron chi connectivity index (χ2n) is 5.92. The Morgan fingerprint density at radius 2 is 1.96 bits per heavy atom.